The molecule has 0 bridgehead atoms. The summed E-state index contributed by atoms with van der Waals surface area (Å²) in [6.07, 6.45) is 0.181. The Morgan fingerprint density at radius 3 is 2.61 bits per heavy atom. The first-order valence-electron chi connectivity index (χ1n) is 5.65. The van der Waals surface area contributed by atoms with Gasteiger partial charge in [-0.25, -0.2) is 4.79 Å². The SMILES string of the molecule is CCCC(Oc1ccc(Br)cc1C(C)=O)C(=O)O. The molecule has 1 unspecified atom stereocenters. The van der Waals surface area contributed by atoms with Crippen molar-refractivity contribution >= 4 is 27.7 Å². The van der Waals surface area contributed by atoms with Gasteiger partial charge >= 0.3 is 5.97 Å². The van der Waals surface area contributed by atoms with E-state index in [9.17, 15) is 9.59 Å². The van der Waals surface area contributed by atoms with Crippen molar-refractivity contribution in [1.82, 2.24) is 0 Å². The van der Waals surface area contributed by atoms with Crippen molar-refractivity contribution < 1.29 is 19.4 Å². The third kappa shape index (κ3) is 3.84. The molecule has 4 nitrogen and oxygen atoms in total. The van der Waals surface area contributed by atoms with Crippen molar-refractivity contribution in [2.45, 2.75) is 32.8 Å². The number of carboxylic acid groups (broad SMARTS) is 1. The van der Waals surface area contributed by atoms with Crippen LogP contribution < -0.4 is 4.74 Å². The van der Waals surface area contributed by atoms with E-state index in [2.05, 4.69) is 15.9 Å². The highest BCUT2D eigenvalue weighted by molar-refractivity contribution is 9.10. The Morgan fingerprint density at radius 1 is 1.44 bits per heavy atom. The fourth-order valence-corrected chi connectivity index (χ4v) is 1.89. The minimum Gasteiger partial charge on any atom is -0.479 e. The molecule has 1 rings (SSSR count). The lowest BCUT2D eigenvalue weighted by atomic mass is 10.1. The molecule has 0 spiro atoms. The molecule has 1 aromatic carbocycles. The van der Waals surface area contributed by atoms with Crippen LogP contribution in [0.5, 0.6) is 5.75 Å². The molecule has 0 heterocycles. The van der Waals surface area contributed by atoms with Gasteiger partial charge in [0.15, 0.2) is 11.9 Å². The molecule has 98 valence electrons. The van der Waals surface area contributed by atoms with Crippen LogP contribution >= 0.6 is 15.9 Å². The Bertz CT molecular complexity index is 456. The third-order valence-corrected chi connectivity index (χ3v) is 2.91. The standard InChI is InChI=1S/C13H15BrO4/c1-3-4-12(13(16)17)18-11-6-5-9(14)7-10(11)8(2)15/h5-7,12H,3-4H2,1-2H3,(H,16,17). The van der Waals surface area contributed by atoms with Crippen LogP contribution in [0, 0.1) is 0 Å². The Kier molecular flexibility index (Phi) is 5.34. The zero-order chi connectivity index (χ0) is 13.7. The second kappa shape index (κ2) is 6.54. The molecule has 0 aliphatic rings. The Hall–Kier alpha value is -1.36. The number of rotatable bonds is 6. The number of ether oxygens (including phenoxy) is 1. The minimum atomic E-state index is -1.02. The summed E-state index contributed by atoms with van der Waals surface area (Å²) in [7, 11) is 0. The van der Waals surface area contributed by atoms with E-state index < -0.39 is 12.1 Å². The topological polar surface area (TPSA) is 63.6 Å². The van der Waals surface area contributed by atoms with Crippen LogP contribution in [0.2, 0.25) is 0 Å². The zero-order valence-corrected chi connectivity index (χ0v) is 11.9. The molecular weight excluding hydrogens is 300 g/mol. The second-order valence-electron chi connectivity index (χ2n) is 3.93. The van der Waals surface area contributed by atoms with E-state index in [0.717, 1.165) is 4.47 Å². The highest BCUT2D eigenvalue weighted by Crippen LogP contribution is 2.25. The van der Waals surface area contributed by atoms with E-state index in [-0.39, 0.29) is 5.78 Å². The number of ketones is 1. The normalized spacial score (nSPS) is 11.9. The van der Waals surface area contributed by atoms with Crippen molar-refractivity contribution in [2.75, 3.05) is 0 Å². The van der Waals surface area contributed by atoms with Gasteiger partial charge < -0.3 is 9.84 Å². The van der Waals surface area contributed by atoms with E-state index in [1.165, 1.54) is 6.92 Å². The van der Waals surface area contributed by atoms with Crippen molar-refractivity contribution in [3.05, 3.63) is 28.2 Å². The summed E-state index contributed by atoms with van der Waals surface area (Å²) in [4.78, 5) is 22.5. The van der Waals surface area contributed by atoms with Crippen LogP contribution in [0.15, 0.2) is 22.7 Å². The fraction of sp³-hybridized carbons (Fsp3) is 0.385. The second-order valence-corrected chi connectivity index (χ2v) is 4.85. The largest absolute Gasteiger partial charge is 0.479 e. The van der Waals surface area contributed by atoms with E-state index in [1.54, 1.807) is 18.2 Å². The first-order chi connectivity index (χ1) is 8.45. The lowest BCUT2D eigenvalue weighted by molar-refractivity contribution is -0.145. The summed E-state index contributed by atoms with van der Waals surface area (Å²) >= 11 is 3.27. The molecule has 0 amide bonds. The molecule has 0 radical (unpaired) electrons. The summed E-state index contributed by atoms with van der Waals surface area (Å²) in [6, 6.07) is 4.95. The number of carboxylic acids is 1. The van der Waals surface area contributed by atoms with Gasteiger partial charge in [-0.1, -0.05) is 29.3 Å². The highest BCUT2D eigenvalue weighted by atomic mass is 79.9. The maximum atomic E-state index is 11.5. The summed E-state index contributed by atoms with van der Waals surface area (Å²) in [5.74, 6) is -0.868. The average molecular weight is 315 g/mol. The molecule has 0 saturated carbocycles. The zero-order valence-electron chi connectivity index (χ0n) is 10.3. The summed E-state index contributed by atoms with van der Waals surface area (Å²) < 4.78 is 6.17. The van der Waals surface area contributed by atoms with Crippen molar-refractivity contribution in [2.24, 2.45) is 0 Å². The molecule has 0 fully saturated rings. The van der Waals surface area contributed by atoms with Gasteiger partial charge in [0.05, 0.1) is 5.56 Å². The predicted molar refractivity (Wildman–Crippen MR) is 71.1 cm³/mol. The number of carbonyl (C=O) groups is 2. The molecule has 1 aromatic rings. The average Bonchev–Trinajstić information content (AvgIpc) is 2.30. The van der Waals surface area contributed by atoms with Gasteiger partial charge in [0.2, 0.25) is 0 Å². The Balaban J connectivity index is 3.01. The van der Waals surface area contributed by atoms with Crippen LogP contribution in [0.3, 0.4) is 0 Å². The van der Waals surface area contributed by atoms with Gasteiger partial charge in [-0.05, 0) is 31.5 Å². The number of hydrogen-bond acceptors (Lipinski definition) is 3. The lowest BCUT2D eigenvalue weighted by Crippen LogP contribution is -2.27. The van der Waals surface area contributed by atoms with Crippen molar-refractivity contribution in [3.63, 3.8) is 0 Å². The van der Waals surface area contributed by atoms with Crippen LogP contribution in [0.1, 0.15) is 37.0 Å². The monoisotopic (exact) mass is 314 g/mol. The number of aliphatic carboxylic acids is 1. The maximum absolute atomic E-state index is 11.5. The first kappa shape index (κ1) is 14.7. The lowest BCUT2D eigenvalue weighted by Gasteiger charge is -2.16. The van der Waals surface area contributed by atoms with E-state index >= 15 is 0 Å². The molecule has 5 heteroatoms. The Labute approximate surface area is 114 Å². The predicted octanol–water partition coefficient (Wildman–Crippen LogP) is 3.28. The summed E-state index contributed by atoms with van der Waals surface area (Å²) in [5.41, 5.74) is 0.381. The molecule has 0 aromatic heterocycles. The van der Waals surface area contributed by atoms with E-state index in [0.29, 0.717) is 24.2 Å². The summed E-state index contributed by atoms with van der Waals surface area (Å²) in [5, 5.41) is 9.03. The van der Waals surface area contributed by atoms with E-state index in [4.69, 9.17) is 9.84 Å². The number of hydrogen-bond donors (Lipinski definition) is 1. The number of benzene rings is 1. The van der Waals surface area contributed by atoms with Gasteiger partial charge in [0, 0.05) is 4.47 Å². The fourth-order valence-electron chi connectivity index (χ4n) is 1.53. The number of Topliss-reactive ketones (excluding diaryl/α,β-unsaturated/α-hetero) is 1. The smallest absolute Gasteiger partial charge is 0.344 e. The van der Waals surface area contributed by atoms with Crippen molar-refractivity contribution in [3.8, 4) is 5.75 Å². The van der Waals surface area contributed by atoms with Gasteiger partial charge in [0.25, 0.3) is 0 Å². The first-order valence-corrected chi connectivity index (χ1v) is 6.45. The Morgan fingerprint density at radius 2 is 2.11 bits per heavy atom. The molecule has 1 atom stereocenters. The quantitative estimate of drug-likeness (QED) is 0.818. The molecular formula is C13H15BrO4. The molecule has 18 heavy (non-hydrogen) atoms. The van der Waals surface area contributed by atoms with Crippen molar-refractivity contribution in [1.29, 1.82) is 0 Å². The summed E-state index contributed by atoms with van der Waals surface area (Å²) in [6.45, 7) is 3.30. The van der Waals surface area contributed by atoms with Gasteiger partial charge in [-0.3, -0.25) is 4.79 Å². The molecule has 0 aliphatic heterocycles. The maximum Gasteiger partial charge on any atom is 0.344 e. The van der Waals surface area contributed by atoms with Crippen LogP contribution in [0.4, 0.5) is 0 Å². The highest BCUT2D eigenvalue weighted by Gasteiger charge is 2.20. The number of halogens is 1. The molecule has 0 aliphatic carbocycles. The van der Waals surface area contributed by atoms with Crippen LogP contribution in [-0.2, 0) is 4.79 Å². The van der Waals surface area contributed by atoms with E-state index in [1.807, 2.05) is 6.92 Å². The minimum absolute atomic E-state index is 0.160. The molecule has 0 saturated heterocycles. The molecule has 1 N–H and O–H groups in total. The van der Waals surface area contributed by atoms with Crippen LogP contribution in [0.25, 0.3) is 0 Å². The van der Waals surface area contributed by atoms with Gasteiger partial charge in [0.1, 0.15) is 5.75 Å². The van der Waals surface area contributed by atoms with Crippen LogP contribution in [-0.4, -0.2) is 23.0 Å². The third-order valence-electron chi connectivity index (χ3n) is 2.42. The van der Waals surface area contributed by atoms with Gasteiger partial charge in [-0.2, -0.15) is 0 Å². The number of carbonyl (C=O) groups excluding carboxylic acids is 1. The van der Waals surface area contributed by atoms with Gasteiger partial charge in [-0.15, -0.1) is 0 Å².